The van der Waals surface area contributed by atoms with Gasteiger partial charge in [0.2, 0.25) is 0 Å². The number of benzene rings is 1. The molecule has 0 aromatic heterocycles. The fourth-order valence-electron chi connectivity index (χ4n) is 1.50. The van der Waals surface area contributed by atoms with Crippen molar-refractivity contribution in [2.45, 2.75) is 17.4 Å². The van der Waals surface area contributed by atoms with Gasteiger partial charge in [0.15, 0.2) is 0 Å². The molecule has 0 aliphatic heterocycles. The molecule has 0 unspecified atom stereocenters. The number of carbonyl (C=O) groups is 1. The maximum absolute atomic E-state index is 11.8. The van der Waals surface area contributed by atoms with E-state index in [4.69, 9.17) is 18.9 Å². The van der Waals surface area contributed by atoms with Crippen molar-refractivity contribution in [2.24, 2.45) is 0 Å². The van der Waals surface area contributed by atoms with Gasteiger partial charge in [-0.1, -0.05) is 12.1 Å². The Hall–Kier alpha value is -1.30. The van der Waals surface area contributed by atoms with Crippen LogP contribution in [0, 0.1) is 0 Å². The summed E-state index contributed by atoms with van der Waals surface area (Å²) in [6, 6.07) is 4.89. The Morgan fingerprint density at radius 3 is 2.35 bits per heavy atom. The lowest BCUT2D eigenvalue weighted by Crippen LogP contribution is -2.35. The zero-order chi connectivity index (χ0) is 15.4. The van der Waals surface area contributed by atoms with Crippen molar-refractivity contribution in [2.75, 3.05) is 6.54 Å². The third-order valence-corrected chi connectivity index (χ3v) is 4.32. The summed E-state index contributed by atoms with van der Waals surface area (Å²) in [6.45, 7) is 0.0229. The smallest absolute Gasteiger partial charge is 0.390 e. The lowest BCUT2D eigenvalue weighted by molar-refractivity contribution is 0.0948. The van der Waals surface area contributed by atoms with E-state index in [1.54, 1.807) is 0 Å². The molecule has 0 saturated carbocycles. The lowest BCUT2D eigenvalue weighted by atomic mass is 10.2. The van der Waals surface area contributed by atoms with Gasteiger partial charge in [-0.25, -0.2) is 0 Å². The quantitative estimate of drug-likeness (QED) is 0.256. The first kappa shape index (κ1) is 16.8. The van der Waals surface area contributed by atoms with Gasteiger partial charge in [0.25, 0.3) is 16.0 Å². The molecular weight excluding hydrogens is 306 g/mol. The second-order valence-electron chi connectivity index (χ2n) is 4.11. The molecule has 0 fully saturated rings. The maximum atomic E-state index is 11.8. The molecule has 1 aromatic rings. The fourth-order valence-corrected chi connectivity index (χ4v) is 2.84. The molecule has 0 heterocycles. The number of hydrogen-bond donors (Lipinski definition) is 5. The van der Waals surface area contributed by atoms with Crippen LogP contribution in [0.3, 0.4) is 0 Å². The summed E-state index contributed by atoms with van der Waals surface area (Å²) < 4.78 is 31.2. The highest BCUT2D eigenvalue weighted by Gasteiger charge is 2.26. The number of carbonyl (C=O) groups excluding carboxylic acids is 1. The number of nitrogens with one attached hydrogen (secondary N) is 1. The van der Waals surface area contributed by atoms with E-state index >= 15 is 0 Å². The zero-order valence-corrected chi connectivity index (χ0v) is 12.2. The Morgan fingerprint density at radius 1 is 1.20 bits per heavy atom. The predicted octanol–water partition coefficient (Wildman–Crippen LogP) is -1.03. The van der Waals surface area contributed by atoms with Gasteiger partial charge >= 0.3 is 8.80 Å². The molecule has 20 heavy (non-hydrogen) atoms. The lowest BCUT2D eigenvalue weighted by Gasteiger charge is -2.10. The average Bonchev–Trinajstić information content (AvgIpc) is 2.32. The van der Waals surface area contributed by atoms with Gasteiger partial charge in [0.05, 0.1) is 5.56 Å². The summed E-state index contributed by atoms with van der Waals surface area (Å²) in [6.07, 6.45) is 0.121. The Labute approximate surface area is 116 Å². The molecule has 0 atom stereocenters. The number of hydrogen-bond acceptors (Lipinski definition) is 6. The van der Waals surface area contributed by atoms with Crippen LogP contribution in [-0.2, 0) is 10.1 Å². The van der Waals surface area contributed by atoms with Gasteiger partial charge < -0.3 is 19.7 Å². The molecule has 1 rings (SSSR count). The van der Waals surface area contributed by atoms with Gasteiger partial charge in [-0.2, -0.15) is 8.42 Å². The van der Waals surface area contributed by atoms with Gasteiger partial charge in [0, 0.05) is 12.6 Å². The molecular formula is C10H15NO7SSi. The average molecular weight is 321 g/mol. The third kappa shape index (κ3) is 5.36. The molecule has 0 bridgehead atoms. The fraction of sp³-hybridized carbons (Fsp3) is 0.300. The van der Waals surface area contributed by atoms with E-state index in [9.17, 15) is 13.2 Å². The second kappa shape index (κ2) is 6.43. The summed E-state index contributed by atoms with van der Waals surface area (Å²) in [5.41, 5.74) is -0.212. The second-order valence-corrected chi connectivity index (χ2v) is 7.54. The molecule has 0 spiro atoms. The topological polar surface area (TPSA) is 144 Å². The molecule has 112 valence electrons. The van der Waals surface area contributed by atoms with E-state index in [1.807, 2.05) is 0 Å². The van der Waals surface area contributed by atoms with Crippen LogP contribution in [0.15, 0.2) is 29.2 Å². The van der Waals surface area contributed by atoms with Crippen LogP contribution in [0.2, 0.25) is 6.04 Å². The van der Waals surface area contributed by atoms with E-state index in [2.05, 4.69) is 5.32 Å². The summed E-state index contributed by atoms with van der Waals surface area (Å²) in [5.74, 6) is -0.723. The number of amides is 1. The van der Waals surface area contributed by atoms with Crippen molar-refractivity contribution in [3.63, 3.8) is 0 Å². The molecule has 0 saturated heterocycles. The first-order valence-electron chi connectivity index (χ1n) is 5.63. The minimum absolute atomic E-state index is 0.0229. The predicted molar refractivity (Wildman–Crippen MR) is 70.4 cm³/mol. The first-order valence-corrected chi connectivity index (χ1v) is 9.12. The minimum Gasteiger partial charge on any atom is -0.390 e. The van der Waals surface area contributed by atoms with Crippen molar-refractivity contribution in [3.05, 3.63) is 29.8 Å². The van der Waals surface area contributed by atoms with Crippen LogP contribution in [0.25, 0.3) is 0 Å². The normalized spacial score (nSPS) is 12.2. The zero-order valence-electron chi connectivity index (χ0n) is 10.4. The highest BCUT2D eigenvalue weighted by molar-refractivity contribution is 7.86. The Kier molecular flexibility index (Phi) is 5.39. The van der Waals surface area contributed by atoms with E-state index in [0.717, 1.165) is 6.07 Å². The van der Waals surface area contributed by atoms with Gasteiger partial charge in [-0.05, 0) is 18.6 Å². The molecule has 1 aromatic carbocycles. The highest BCUT2D eigenvalue weighted by Crippen LogP contribution is 2.14. The highest BCUT2D eigenvalue weighted by atomic mass is 32.2. The van der Waals surface area contributed by atoms with Crippen LogP contribution in [0.5, 0.6) is 0 Å². The van der Waals surface area contributed by atoms with Crippen molar-refractivity contribution in [1.82, 2.24) is 5.32 Å². The van der Waals surface area contributed by atoms with E-state index in [0.29, 0.717) is 0 Å². The van der Waals surface area contributed by atoms with Crippen LogP contribution in [0.4, 0.5) is 0 Å². The first-order chi connectivity index (χ1) is 9.11. The Bertz CT molecular complexity index is 582. The monoisotopic (exact) mass is 321 g/mol. The molecule has 10 heteroatoms. The van der Waals surface area contributed by atoms with Crippen molar-refractivity contribution < 1.29 is 32.2 Å². The van der Waals surface area contributed by atoms with Crippen molar-refractivity contribution in [1.29, 1.82) is 0 Å². The van der Waals surface area contributed by atoms with E-state index in [1.165, 1.54) is 18.2 Å². The SMILES string of the molecule is O=C(NCCC[Si](O)(O)O)c1ccccc1S(=O)(=O)O. The van der Waals surface area contributed by atoms with Gasteiger partial charge in [-0.3, -0.25) is 9.35 Å². The van der Waals surface area contributed by atoms with E-state index < -0.39 is 29.7 Å². The van der Waals surface area contributed by atoms with E-state index in [-0.39, 0.29) is 24.6 Å². The standard InChI is InChI=1S/C10H15NO7SSi/c12-10(11-6-3-7-20(16,17)18)8-4-1-2-5-9(8)19(13,14)15/h1-2,4-5,16-18H,3,6-7H2,(H,11,12)(H,13,14,15). The van der Waals surface area contributed by atoms with Crippen LogP contribution in [0.1, 0.15) is 16.8 Å². The van der Waals surface area contributed by atoms with Gasteiger partial charge in [0.1, 0.15) is 4.90 Å². The minimum atomic E-state index is -4.51. The molecule has 1 amide bonds. The largest absolute Gasteiger partial charge is 0.492 e. The maximum Gasteiger partial charge on any atom is 0.492 e. The Balaban J connectivity index is 2.70. The summed E-state index contributed by atoms with van der Waals surface area (Å²) in [7, 11) is -8.64. The van der Waals surface area contributed by atoms with Crippen LogP contribution < -0.4 is 5.32 Å². The third-order valence-electron chi connectivity index (χ3n) is 2.38. The summed E-state index contributed by atoms with van der Waals surface area (Å²) in [5, 5.41) is 2.36. The molecule has 5 N–H and O–H groups in total. The summed E-state index contributed by atoms with van der Waals surface area (Å²) in [4.78, 5) is 37.6. The van der Waals surface area contributed by atoms with Crippen molar-refractivity contribution >= 4 is 24.8 Å². The molecule has 0 aliphatic carbocycles. The molecule has 0 aliphatic rings. The van der Waals surface area contributed by atoms with Crippen LogP contribution in [-0.4, -0.2) is 48.6 Å². The molecule has 0 radical (unpaired) electrons. The van der Waals surface area contributed by atoms with Crippen LogP contribution >= 0.6 is 0 Å². The number of rotatable bonds is 6. The molecule has 8 nitrogen and oxygen atoms in total. The summed E-state index contributed by atoms with van der Waals surface area (Å²) >= 11 is 0. The Morgan fingerprint density at radius 2 is 1.80 bits per heavy atom. The van der Waals surface area contributed by atoms with Gasteiger partial charge in [-0.15, -0.1) is 0 Å². The van der Waals surface area contributed by atoms with Crippen molar-refractivity contribution in [3.8, 4) is 0 Å².